The van der Waals surface area contributed by atoms with E-state index in [0.29, 0.717) is 11.8 Å². The predicted molar refractivity (Wildman–Crippen MR) is 243 cm³/mol. The van der Waals surface area contributed by atoms with Crippen LogP contribution < -0.4 is 11.1 Å². The number of nitrogens with zero attached hydrogens (tertiary/aromatic N) is 6. The van der Waals surface area contributed by atoms with Gasteiger partial charge >= 0.3 is 0 Å². The third kappa shape index (κ3) is 10.1. The summed E-state index contributed by atoms with van der Waals surface area (Å²) in [5.41, 5.74) is 17.2. The van der Waals surface area contributed by atoms with Gasteiger partial charge in [-0.25, -0.2) is 4.98 Å². The van der Waals surface area contributed by atoms with Crippen molar-refractivity contribution in [3.05, 3.63) is 100.0 Å². The molecule has 322 valence electrons. The van der Waals surface area contributed by atoms with E-state index in [1.807, 2.05) is 67.8 Å². The first-order valence-electron chi connectivity index (χ1n) is 21.5. The molecule has 2 aliphatic heterocycles. The number of carbonyl (C=O) groups excluding carboxylic acids is 2. The zero-order valence-electron chi connectivity index (χ0n) is 36.6. The fraction of sp³-hybridized carbons (Fsp3) is 0.438. The predicted octanol–water partition coefficient (Wildman–Crippen LogP) is 9.78. The van der Waals surface area contributed by atoms with E-state index in [2.05, 4.69) is 57.5 Å². The average molecular weight is 848 g/mol. The van der Waals surface area contributed by atoms with Crippen molar-refractivity contribution in [1.29, 1.82) is 0 Å². The van der Waals surface area contributed by atoms with E-state index in [-0.39, 0.29) is 17.7 Å². The Kier molecular flexibility index (Phi) is 13.5. The molecule has 5 heterocycles. The molecule has 0 spiro atoms. The van der Waals surface area contributed by atoms with E-state index in [1.165, 1.54) is 5.56 Å². The number of aromatic nitrogens is 4. The van der Waals surface area contributed by atoms with Gasteiger partial charge in [0.25, 0.3) is 0 Å². The number of anilines is 2. The summed E-state index contributed by atoms with van der Waals surface area (Å²) in [4.78, 5) is 32.3. The third-order valence-electron chi connectivity index (χ3n) is 12.5. The van der Waals surface area contributed by atoms with Gasteiger partial charge in [0.05, 0.1) is 33.8 Å². The van der Waals surface area contributed by atoms with Crippen molar-refractivity contribution in [3.8, 4) is 22.3 Å². The molecule has 12 nitrogen and oxygen atoms in total. The van der Waals surface area contributed by atoms with Crippen molar-refractivity contribution in [2.45, 2.75) is 93.0 Å². The maximum atomic E-state index is 11.8. The summed E-state index contributed by atoms with van der Waals surface area (Å²) >= 11 is 6.11. The lowest BCUT2D eigenvalue weighted by Crippen LogP contribution is -2.38. The van der Waals surface area contributed by atoms with Gasteiger partial charge in [-0.2, -0.15) is 0 Å². The van der Waals surface area contributed by atoms with Crippen LogP contribution in [0.5, 0.6) is 0 Å². The molecule has 3 aromatic heterocycles. The second-order valence-corrected chi connectivity index (χ2v) is 17.4. The molecular weight excluding hydrogens is 788 g/mol. The van der Waals surface area contributed by atoms with Gasteiger partial charge in [-0.3, -0.25) is 9.59 Å². The van der Waals surface area contributed by atoms with E-state index in [1.54, 1.807) is 13.8 Å². The fourth-order valence-corrected chi connectivity index (χ4v) is 9.13. The van der Waals surface area contributed by atoms with Crippen LogP contribution in [0, 0.1) is 39.5 Å². The molecule has 13 heteroatoms. The number of benzene rings is 3. The summed E-state index contributed by atoms with van der Waals surface area (Å²) in [5.74, 6) is 4.38. The Balaban J connectivity index is 0.000000197. The smallest absolute Gasteiger partial charge is 0.219 e. The molecule has 0 saturated carbocycles. The first-order chi connectivity index (χ1) is 29.2. The highest BCUT2D eigenvalue weighted by Gasteiger charge is 2.26. The van der Waals surface area contributed by atoms with Gasteiger partial charge in [0.1, 0.15) is 17.3 Å². The van der Waals surface area contributed by atoms with Crippen molar-refractivity contribution in [3.63, 3.8) is 0 Å². The Morgan fingerprint density at radius 1 is 0.787 bits per heavy atom. The zero-order valence-corrected chi connectivity index (χ0v) is 37.3. The first-order valence-corrected chi connectivity index (χ1v) is 21.9. The molecule has 2 aliphatic rings. The number of nitrogen functional groups attached to an aromatic ring is 1. The van der Waals surface area contributed by atoms with Crippen LogP contribution in [-0.2, 0) is 22.6 Å². The van der Waals surface area contributed by atoms with Crippen LogP contribution in [0.15, 0.2) is 69.7 Å². The Morgan fingerprint density at radius 2 is 1.33 bits per heavy atom. The zero-order chi connectivity index (χ0) is 43.4. The van der Waals surface area contributed by atoms with Gasteiger partial charge in [-0.05, 0) is 125 Å². The number of nitrogens with one attached hydrogen (secondary N) is 1. The largest absolute Gasteiger partial charge is 0.397 e. The molecule has 1 unspecified atom stereocenters. The molecule has 61 heavy (non-hydrogen) atoms. The van der Waals surface area contributed by atoms with Gasteiger partial charge in [-0.15, -0.1) is 0 Å². The van der Waals surface area contributed by atoms with Crippen LogP contribution >= 0.6 is 11.6 Å². The first kappa shape index (κ1) is 43.5. The second kappa shape index (κ2) is 19.0. The quantitative estimate of drug-likeness (QED) is 0.129. The molecule has 2 saturated heterocycles. The summed E-state index contributed by atoms with van der Waals surface area (Å²) in [6.07, 6.45) is 4.98. The summed E-state index contributed by atoms with van der Waals surface area (Å²) in [6, 6.07) is 20.6. The van der Waals surface area contributed by atoms with Gasteiger partial charge < -0.3 is 34.5 Å². The van der Waals surface area contributed by atoms with Gasteiger partial charge in [0.15, 0.2) is 0 Å². The normalized spacial score (nSPS) is 15.5. The van der Waals surface area contributed by atoms with Gasteiger partial charge in [-0.1, -0.05) is 53.1 Å². The monoisotopic (exact) mass is 846 g/mol. The van der Waals surface area contributed by atoms with Crippen LogP contribution in [0.1, 0.15) is 86.7 Å². The number of halogens is 1. The number of nitrogens with two attached hydrogens (primary N) is 1. The molecule has 8 rings (SSSR count). The highest BCUT2D eigenvalue weighted by atomic mass is 35.5. The maximum absolute atomic E-state index is 11.8. The Morgan fingerprint density at radius 3 is 1.85 bits per heavy atom. The molecule has 2 fully saturated rings. The number of amides is 2. The fourth-order valence-electron chi connectivity index (χ4n) is 9.00. The van der Waals surface area contributed by atoms with E-state index in [4.69, 9.17) is 31.4 Å². The summed E-state index contributed by atoms with van der Waals surface area (Å²) in [7, 11) is 0. The lowest BCUT2D eigenvalue weighted by atomic mass is 9.95. The van der Waals surface area contributed by atoms with Crippen LogP contribution in [0.4, 0.5) is 11.4 Å². The molecule has 3 aromatic carbocycles. The van der Waals surface area contributed by atoms with Crippen molar-refractivity contribution < 1.29 is 18.6 Å². The molecule has 6 aromatic rings. The molecule has 0 bridgehead atoms. The van der Waals surface area contributed by atoms with Crippen molar-refractivity contribution >= 4 is 45.8 Å². The third-order valence-corrected chi connectivity index (χ3v) is 12.8. The number of imidazole rings is 1. The minimum absolute atomic E-state index is 0.172. The summed E-state index contributed by atoms with van der Waals surface area (Å²) in [5, 5.41) is 12.3. The van der Waals surface area contributed by atoms with Crippen LogP contribution in [0.3, 0.4) is 0 Å². The number of piperidine rings is 2. The molecule has 3 N–H and O–H groups in total. The van der Waals surface area contributed by atoms with E-state index < -0.39 is 0 Å². The molecule has 2 amide bonds. The second-order valence-electron chi connectivity index (χ2n) is 17.0. The van der Waals surface area contributed by atoms with E-state index in [9.17, 15) is 9.59 Å². The number of likely N-dealkylation sites (tertiary alicyclic amines) is 2. The number of hydrogen-bond acceptors (Lipinski definition) is 9. The lowest BCUT2D eigenvalue weighted by molar-refractivity contribution is -0.131. The number of fused-ring (bicyclic) bond motifs is 1. The number of rotatable bonds is 10. The maximum Gasteiger partial charge on any atom is 0.219 e. The minimum Gasteiger partial charge on any atom is -0.397 e. The SMILES string of the molecule is CC(=O)N1CCC(CNc2ccc(-c3c(C)noc3C)cc2N)CC1.CC(=O)N1CCC(Cn2c(C(C)Cc3ccc(Cl)cc3)nc3cc(-c4c(C)noc4C)ccc32)CC1. The Bertz CT molecular complexity index is 2430. The van der Waals surface area contributed by atoms with Crippen LogP contribution in [0.2, 0.25) is 5.02 Å². The van der Waals surface area contributed by atoms with Crippen LogP contribution in [0.25, 0.3) is 33.3 Å². The minimum atomic E-state index is 0.172. The Labute approximate surface area is 363 Å². The van der Waals surface area contributed by atoms with Gasteiger partial charge in [0, 0.05) is 75.2 Å². The average Bonchev–Trinajstić information content (AvgIpc) is 3.90. The summed E-state index contributed by atoms with van der Waals surface area (Å²) in [6.45, 7) is 18.5. The number of carbonyl (C=O) groups is 2. The van der Waals surface area contributed by atoms with Crippen molar-refractivity contribution in [2.24, 2.45) is 11.8 Å². The number of hydrogen-bond donors (Lipinski definition) is 2. The standard InChI is InChI=1S/C29H33ClN4O2.C19H26N4O2/c1-18(15-22-5-8-25(30)9-6-22)29-31-26-16-24(28-19(2)32-36-20(28)3)7-10-27(26)34(29)17-23-11-13-33(14-12-23)21(4)35;1-12-19(13(2)25-22-12)16-4-5-18(17(20)10-16)21-11-15-6-8-23(9-7-15)14(3)24/h5-10,16,18,23H,11-15,17H2,1-4H3;4-5,10,15,21H,6-9,11,20H2,1-3H3. The van der Waals surface area contributed by atoms with Crippen LogP contribution in [-0.4, -0.2) is 74.2 Å². The molecular formula is C48H59ClN8O4. The highest BCUT2D eigenvalue weighted by molar-refractivity contribution is 6.30. The number of aryl methyl sites for hydroxylation is 4. The molecule has 0 radical (unpaired) electrons. The van der Waals surface area contributed by atoms with E-state index in [0.717, 1.165) is 150 Å². The van der Waals surface area contributed by atoms with Crippen molar-refractivity contribution in [1.82, 2.24) is 29.7 Å². The topological polar surface area (TPSA) is 149 Å². The summed E-state index contributed by atoms with van der Waals surface area (Å²) < 4.78 is 13.1. The molecule has 0 aliphatic carbocycles. The Hall–Kier alpha value is -5.62. The lowest BCUT2D eigenvalue weighted by Gasteiger charge is -2.32. The van der Waals surface area contributed by atoms with E-state index >= 15 is 0 Å². The highest BCUT2D eigenvalue weighted by Crippen LogP contribution is 2.34. The molecule has 1 atom stereocenters. The van der Waals surface area contributed by atoms with Crippen molar-refractivity contribution in [2.75, 3.05) is 43.8 Å². The van der Waals surface area contributed by atoms with Gasteiger partial charge in [0.2, 0.25) is 11.8 Å².